The van der Waals surface area contributed by atoms with E-state index in [1.54, 1.807) is 0 Å². The molecule has 1 aromatic carbocycles. The minimum atomic E-state index is -1.63. The number of carbonyl (C=O) groups excluding carboxylic acids is 2. The van der Waals surface area contributed by atoms with E-state index >= 15 is 0 Å². The van der Waals surface area contributed by atoms with Gasteiger partial charge in [-0.25, -0.2) is 0 Å². The van der Waals surface area contributed by atoms with Crippen molar-refractivity contribution in [2.75, 3.05) is 41.3 Å². The Hall–Kier alpha value is -1.92. The highest BCUT2D eigenvalue weighted by Gasteiger charge is 2.18. The van der Waals surface area contributed by atoms with E-state index in [2.05, 4.69) is 66.3 Å². The van der Waals surface area contributed by atoms with Crippen molar-refractivity contribution in [3.63, 3.8) is 0 Å². The van der Waals surface area contributed by atoms with Crippen LogP contribution in [0.2, 0.25) is 0 Å². The van der Waals surface area contributed by atoms with Gasteiger partial charge in [-0.05, 0) is 25.7 Å². The normalized spacial score (nSPS) is 11.7. The van der Waals surface area contributed by atoms with E-state index in [1.165, 1.54) is 153 Å². The van der Waals surface area contributed by atoms with Gasteiger partial charge >= 0.3 is 0 Å². The van der Waals surface area contributed by atoms with Crippen LogP contribution in [0, 0.1) is 0 Å². The monoisotopic (exact) mass is 633 g/mol. The Kier molecular flexibility index (Phi) is 26.1. The van der Waals surface area contributed by atoms with Gasteiger partial charge in [-0.2, -0.15) is 0 Å². The Bertz CT molecular complexity index is 782. The Balaban J connectivity index is 0.00000246. The standard InChI is InChI=1S/C36H70N2.C3H4O4/c1-7-9-11-13-15-17-19-21-23-25-31-37(3,4)33-35-27-29-36(30-28-35)34-38(5,6)32-26-24-22-20-18-16-14-12-10-8-2;4-2(5)1-3(6)7/h27-30H,7-26,31-34H2,1-6H3;1H2,(H,4,5)(H,6,7)/q+2;/p-2. The molecule has 0 unspecified atom stereocenters. The van der Waals surface area contributed by atoms with Gasteiger partial charge in [-0.1, -0.05) is 141 Å². The number of hydrogen-bond acceptors (Lipinski definition) is 4. The molecule has 0 atom stereocenters. The number of benzene rings is 1. The highest BCUT2D eigenvalue weighted by atomic mass is 16.4. The summed E-state index contributed by atoms with van der Waals surface area (Å²) >= 11 is 0. The molecule has 1 aromatic rings. The summed E-state index contributed by atoms with van der Waals surface area (Å²) in [5, 5.41) is 18.6. The molecule has 0 bridgehead atoms. The second kappa shape index (κ2) is 27.2. The van der Waals surface area contributed by atoms with Crippen molar-refractivity contribution in [2.24, 2.45) is 0 Å². The molecule has 6 nitrogen and oxygen atoms in total. The predicted molar refractivity (Wildman–Crippen MR) is 186 cm³/mol. The molecule has 0 heterocycles. The molecule has 0 radical (unpaired) electrons. The lowest BCUT2D eigenvalue weighted by Gasteiger charge is -2.31. The van der Waals surface area contributed by atoms with Crippen LogP contribution in [0.15, 0.2) is 24.3 Å². The molecule has 0 fully saturated rings. The first-order valence-electron chi connectivity index (χ1n) is 18.5. The van der Waals surface area contributed by atoms with Crippen LogP contribution >= 0.6 is 0 Å². The first-order valence-corrected chi connectivity index (χ1v) is 18.5. The highest BCUT2D eigenvalue weighted by molar-refractivity contribution is 5.86. The van der Waals surface area contributed by atoms with Crippen molar-refractivity contribution < 1.29 is 28.8 Å². The van der Waals surface area contributed by atoms with E-state index in [0.717, 1.165) is 22.1 Å². The fourth-order valence-electron chi connectivity index (χ4n) is 6.07. The molecule has 0 aliphatic heterocycles. The highest BCUT2D eigenvalue weighted by Crippen LogP contribution is 2.18. The molecular weight excluding hydrogens is 560 g/mol. The average molecular weight is 633 g/mol. The van der Waals surface area contributed by atoms with Gasteiger partial charge in [0.05, 0.1) is 41.3 Å². The topological polar surface area (TPSA) is 80.3 Å². The Labute approximate surface area is 278 Å². The summed E-state index contributed by atoms with van der Waals surface area (Å²) in [6.07, 6.45) is 27.4. The maximum Gasteiger partial charge on any atom is 0.104 e. The molecule has 0 aliphatic carbocycles. The van der Waals surface area contributed by atoms with E-state index in [1.807, 2.05) is 0 Å². The first-order chi connectivity index (χ1) is 21.4. The minimum absolute atomic E-state index is 1.03. The molecule has 0 saturated heterocycles. The van der Waals surface area contributed by atoms with Crippen molar-refractivity contribution in [1.29, 1.82) is 0 Å². The fraction of sp³-hybridized carbons (Fsp3) is 0.795. The molecule has 6 heteroatoms. The van der Waals surface area contributed by atoms with Crippen LogP contribution in [-0.2, 0) is 22.7 Å². The van der Waals surface area contributed by atoms with E-state index in [9.17, 15) is 19.8 Å². The Morgan fingerprint density at radius 1 is 0.467 bits per heavy atom. The Morgan fingerprint density at radius 3 is 0.933 bits per heavy atom. The number of hydrogen-bond donors (Lipinski definition) is 0. The second-order valence-electron chi connectivity index (χ2n) is 14.7. The van der Waals surface area contributed by atoms with Crippen molar-refractivity contribution in [3.8, 4) is 0 Å². The van der Waals surface area contributed by atoms with E-state index in [0.29, 0.717) is 0 Å². The molecule has 0 saturated carbocycles. The van der Waals surface area contributed by atoms with Gasteiger partial charge < -0.3 is 28.8 Å². The van der Waals surface area contributed by atoms with Gasteiger partial charge in [-0.15, -0.1) is 0 Å². The molecule has 1 rings (SSSR count). The third-order valence-corrected chi connectivity index (χ3v) is 8.77. The largest absolute Gasteiger partial charge is 0.550 e. The van der Waals surface area contributed by atoms with Crippen molar-refractivity contribution in [1.82, 2.24) is 0 Å². The van der Waals surface area contributed by atoms with Crippen molar-refractivity contribution in [3.05, 3.63) is 35.4 Å². The zero-order chi connectivity index (χ0) is 33.8. The quantitative estimate of drug-likeness (QED) is 0.0543. The van der Waals surface area contributed by atoms with Crippen LogP contribution in [0.1, 0.15) is 160 Å². The van der Waals surface area contributed by atoms with Gasteiger partial charge in [0, 0.05) is 29.5 Å². The summed E-state index contributed by atoms with van der Waals surface area (Å²) in [6, 6.07) is 9.59. The smallest absolute Gasteiger partial charge is 0.104 e. The summed E-state index contributed by atoms with van der Waals surface area (Å²) in [6.45, 7) is 9.48. The van der Waals surface area contributed by atoms with Crippen LogP contribution < -0.4 is 10.2 Å². The van der Waals surface area contributed by atoms with Gasteiger partial charge in [-0.3, -0.25) is 0 Å². The number of carbonyl (C=O) groups is 2. The fourth-order valence-corrected chi connectivity index (χ4v) is 6.07. The van der Waals surface area contributed by atoms with Crippen molar-refractivity contribution in [2.45, 2.75) is 162 Å². The van der Waals surface area contributed by atoms with Crippen LogP contribution in [0.5, 0.6) is 0 Å². The van der Waals surface area contributed by atoms with Gasteiger partial charge in [0.1, 0.15) is 13.1 Å². The maximum absolute atomic E-state index is 9.28. The predicted octanol–water partition coefficient (Wildman–Crippen LogP) is 7.56. The first kappa shape index (κ1) is 43.1. The van der Waals surface area contributed by atoms with Crippen LogP contribution in [0.3, 0.4) is 0 Å². The molecule has 0 aliphatic rings. The molecule has 45 heavy (non-hydrogen) atoms. The molecule has 0 aromatic heterocycles. The second-order valence-corrected chi connectivity index (χ2v) is 14.7. The third kappa shape index (κ3) is 29.2. The van der Waals surface area contributed by atoms with Crippen LogP contribution in [0.25, 0.3) is 0 Å². The summed E-state index contributed by atoms with van der Waals surface area (Å²) in [7, 11) is 9.64. The molecular formula is C39H72N2O4. The van der Waals surface area contributed by atoms with E-state index < -0.39 is 18.4 Å². The summed E-state index contributed by atoms with van der Waals surface area (Å²) < 4.78 is 2.22. The van der Waals surface area contributed by atoms with Crippen LogP contribution in [-0.4, -0.2) is 62.2 Å². The minimum Gasteiger partial charge on any atom is -0.550 e. The van der Waals surface area contributed by atoms with Gasteiger partial charge in [0.15, 0.2) is 0 Å². The number of aliphatic carboxylic acids is 2. The molecule has 262 valence electrons. The number of carboxylic acid groups (broad SMARTS) is 2. The number of rotatable bonds is 28. The molecule has 0 spiro atoms. The van der Waals surface area contributed by atoms with Gasteiger partial charge in [0.2, 0.25) is 0 Å². The number of carboxylic acids is 2. The maximum atomic E-state index is 9.28. The molecule has 0 N–H and O–H groups in total. The van der Waals surface area contributed by atoms with E-state index in [-0.39, 0.29) is 0 Å². The van der Waals surface area contributed by atoms with E-state index in [4.69, 9.17) is 0 Å². The zero-order valence-electron chi connectivity index (χ0n) is 30.5. The third-order valence-electron chi connectivity index (χ3n) is 8.77. The SMILES string of the molecule is CCCCCCCCCCCC[N+](C)(C)Cc1ccc(C[N+](C)(C)CCCCCCCCCCCC)cc1.O=C([O-])CC(=O)[O-]. The number of unbranched alkanes of at least 4 members (excludes halogenated alkanes) is 18. The number of nitrogens with zero attached hydrogens (tertiary/aromatic N) is 2. The summed E-state index contributed by atoms with van der Waals surface area (Å²) in [4.78, 5) is 18.6. The lowest BCUT2D eigenvalue weighted by Crippen LogP contribution is -2.40. The average Bonchev–Trinajstić information content (AvgIpc) is 2.95. The van der Waals surface area contributed by atoms with Gasteiger partial charge in [0.25, 0.3) is 0 Å². The molecule has 0 amide bonds. The summed E-state index contributed by atoms with van der Waals surface area (Å²) in [5.41, 5.74) is 2.98. The lowest BCUT2D eigenvalue weighted by molar-refractivity contribution is -0.904. The Morgan fingerprint density at radius 2 is 0.711 bits per heavy atom. The summed E-state index contributed by atoms with van der Waals surface area (Å²) in [5.74, 6) is -3.25. The van der Waals surface area contributed by atoms with Crippen molar-refractivity contribution >= 4 is 11.9 Å². The van der Waals surface area contributed by atoms with Crippen LogP contribution in [0.4, 0.5) is 0 Å². The zero-order valence-corrected chi connectivity index (χ0v) is 30.5. The number of quaternary nitrogens is 2. The lowest BCUT2D eigenvalue weighted by atomic mass is 10.1.